The number of ether oxygens (including phenoxy) is 1. The average molecular weight is 722 g/mol. The summed E-state index contributed by atoms with van der Waals surface area (Å²) in [6, 6.07) is 27.0. The molecule has 4 rings (SSSR count). The molecule has 0 aliphatic rings. The molecule has 0 aliphatic heterocycles. The largest absolute Gasteiger partial charge is 0.453 e. The second-order valence-electron chi connectivity index (χ2n) is 13.2. The number of sulfonamides is 1. The van der Waals surface area contributed by atoms with Gasteiger partial charge >= 0.3 is 6.09 Å². The highest BCUT2D eigenvalue weighted by molar-refractivity contribution is 7.89. The van der Waals surface area contributed by atoms with E-state index in [4.69, 9.17) is 4.74 Å². The number of carbonyl (C=O) groups is 2. The highest BCUT2D eigenvalue weighted by Crippen LogP contribution is 2.34. The zero-order valence-electron chi connectivity index (χ0n) is 29.1. The van der Waals surface area contributed by atoms with E-state index in [0.717, 1.165) is 21.6 Å². The van der Waals surface area contributed by atoms with Crippen molar-refractivity contribution in [1.82, 2.24) is 14.9 Å². The molecule has 2 amide bonds. The molecule has 1 heterocycles. The summed E-state index contributed by atoms with van der Waals surface area (Å²) in [6.45, 7) is 7.04. The molecule has 0 spiro atoms. The number of thiophene rings is 1. The fraction of sp³-hybridized carbons (Fsp3) is 0.368. The topological polar surface area (TPSA) is 145 Å². The van der Waals surface area contributed by atoms with Gasteiger partial charge < -0.3 is 25.6 Å². The number of nitrogens with one attached hydrogen (secondary N) is 2. The van der Waals surface area contributed by atoms with E-state index < -0.39 is 52.2 Å². The third-order valence-electron chi connectivity index (χ3n) is 8.07. The number of carbonyl (C=O) groups excluding carboxylic acids is 2. The summed E-state index contributed by atoms with van der Waals surface area (Å²) in [6.07, 6.45) is -0.375. The Hall–Kier alpha value is -4.07. The van der Waals surface area contributed by atoms with Gasteiger partial charge in [0.25, 0.3) is 0 Å². The van der Waals surface area contributed by atoms with Crippen molar-refractivity contribution in [3.63, 3.8) is 0 Å². The normalized spacial score (nSPS) is 13.3. The molecule has 268 valence electrons. The monoisotopic (exact) mass is 721 g/mol. The zero-order valence-corrected chi connectivity index (χ0v) is 30.7. The molecule has 0 aliphatic carbocycles. The van der Waals surface area contributed by atoms with Crippen LogP contribution in [0.3, 0.4) is 0 Å². The number of amides is 2. The molecule has 0 radical (unpaired) electrons. The van der Waals surface area contributed by atoms with Crippen LogP contribution in [0.1, 0.15) is 66.1 Å². The van der Waals surface area contributed by atoms with Crippen molar-refractivity contribution in [2.24, 2.45) is 5.92 Å². The maximum Gasteiger partial charge on any atom is 0.407 e. The minimum absolute atomic E-state index is 0.0339. The standard InChI is InChI=1S/C38H47N3O7S2/c1-26(2)24-41(50(46,47)31-19-16-27(17-20-31)22-38(3,4)45)32(25-42)33-21-18-30(49-33)23-39-36(43)35(40-37(44)48-5)34(28-12-8-6-9-13-28)29-14-10-7-11-15-29/h6-21,26,32,34-35,42,45H,22-25H2,1-5H3,(H,39,43)(H,40,44)/t32-,35+/m1/s1. The third-order valence-corrected chi connectivity index (χ3v) is 11.1. The van der Waals surface area contributed by atoms with Gasteiger partial charge in [0.1, 0.15) is 6.04 Å². The lowest BCUT2D eigenvalue weighted by atomic mass is 9.84. The zero-order chi connectivity index (χ0) is 36.5. The molecule has 50 heavy (non-hydrogen) atoms. The Kier molecular flexibility index (Phi) is 13.3. The van der Waals surface area contributed by atoms with Crippen molar-refractivity contribution in [3.05, 3.63) is 124 Å². The molecule has 0 saturated carbocycles. The number of alkyl carbamates (subject to hydrolysis) is 1. The molecule has 0 unspecified atom stereocenters. The minimum atomic E-state index is -4.02. The molecular weight excluding hydrogens is 675 g/mol. The van der Waals surface area contributed by atoms with E-state index >= 15 is 0 Å². The van der Waals surface area contributed by atoms with E-state index in [0.29, 0.717) is 11.3 Å². The van der Waals surface area contributed by atoms with Crippen LogP contribution in [0.4, 0.5) is 4.79 Å². The SMILES string of the molecule is COC(=O)N[C@H](C(=O)NCc1ccc([C@@H](CO)N(CC(C)C)S(=O)(=O)c2ccc(CC(C)(C)O)cc2)s1)C(c1ccccc1)c1ccccc1. The molecule has 0 fully saturated rings. The van der Waals surface area contributed by atoms with Gasteiger partial charge in [-0.15, -0.1) is 11.3 Å². The maximum atomic E-state index is 14.0. The molecule has 4 aromatic rings. The van der Waals surface area contributed by atoms with Gasteiger partial charge in [-0.1, -0.05) is 86.6 Å². The van der Waals surface area contributed by atoms with Gasteiger partial charge in [0.15, 0.2) is 0 Å². The van der Waals surface area contributed by atoms with Crippen LogP contribution in [0.2, 0.25) is 0 Å². The second kappa shape index (κ2) is 17.2. The fourth-order valence-corrected chi connectivity index (χ4v) is 8.71. The van der Waals surface area contributed by atoms with Crippen molar-refractivity contribution in [3.8, 4) is 0 Å². The van der Waals surface area contributed by atoms with Gasteiger partial charge in [-0.2, -0.15) is 4.31 Å². The van der Waals surface area contributed by atoms with Gasteiger partial charge in [0.2, 0.25) is 15.9 Å². The Labute approximate surface area is 299 Å². The van der Waals surface area contributed by atoms with Crippen LogP contribution in [-0.4, -0.2) is 66.8 Å². The number of hydrogen-bond acceptors (Lipinski definition) is 8. The lowest BCUT2D eigenvalue weighted by Crippen LogP contribution is -2.50. The van der Waals surface area contributed by atoms with E-state index in [1.165, 1.54) is 34.9 Å². The van der Waals surface area contributed by atoms with Crippen LogP contribution in [0.25, 0.3) is 0 Å². The third kappa shape index (κ3) is 10.2. The molecule has 10 nitrogen and oxygen atoms in total. The number of rotatable bonds is 16. The van der Waals surface area contributed by atoms with Crippen LogP contribution < -0.4 is 10.6 Å². The molecule has 1 aromatic heterocycles. The first-order valence-corrected chi connectivity index (χ1v) is 18.7. The summed E-state index contributed by atoms with van der Waals surface area (Å²) >= 11 is 1.29. The lowest BCUT2D eigenvalue weighted by molar-refractivity contribution is -0.123. The number of aliphatic hydroxyl groups excluding tert-OH is 1. The van der Waals surface area contributed by atoms with Gasteiger partial charge in [0.05, 0.1) is 36.8 Å². The Balaban J connectivity index is 1.58. The predicted molar refractivity (Wildman–Crippen MR) is 195 cm³/mol. The molecule has 0 bridgehead atoms. The number of hydrogen-bond donors (Lipinski definition) is 4. The van der Waals surface area contributed by atoms with Crippen LogP contribution in [-0.2, 0) is 32.5 Å². The van der Waals surface area contributed by atoms with Crippen LogP contribution in [0, 0.1) is 5.92 Å². The summed E-state index contributed by atoms with van der Waals surface area (Å²) in [5, 5.41) is 26.4. The summed E-state index contributed by atoms with van der Waals surface area (Å²) < 4.78 is 34.2. The second-order valence-corrected chi connectivity index (χ2v) is 16.3. The van der Waals surface area contributed by atoms with Crippen molar-refractivity contribution in [2.75, 3.05) is 20.3 Å². The van der Waals surface area contributed by atoms with E-state index in [1.807, 2.05) is 74.5 Å². The Morgan fingerprint density at radius 1 is 0.900 bits per heavy atom. The molecule has 3 aromatic carbocycles. The first-order valence-electron chi connectivity index (χ1n) is 16.5. The van der Waals surface area contributed by atoms with Crippen molar-refractivity contribution < 1.29 is 33.0 Å². The van der Waals surface area contributed by atoms with Crippen LogP contribution in [0.15, 0.2) is 102 Å². The van der Waals surface area contributed by atoms with E-state index in [1.54, 1.807) is 38.1 Å². The van der Waals surface area contributed by atoms with Crippen molar-refractivity contribution in [1.29, 1.82) is 0 Å². The minimum Gasteiger partial charge on any atom is -0.453 e. The summed E-state index contributed by atoms with van der Waals surface area (Å²) in [7, 11) is -2.78. The Morgan fingerprint density at radius 3 is 1.98 bits per heavy atom. The number of aliphatic hydroxyl groups is 2. The van der Waals surface area contributed by atoms with Gasteiger partial charge in [-0.05, 0) is 60.7 Å². The van der Waals surface area contributed by atoms with E-state index in [2.05, 4.69) is 10.6 Å². The summed E-state index contributed by atoms with van der Waals surface area (Å²) in [5.74, 6) is -0.986. The molecule has 0 saturated heterocycles. The van der Waals surface area contributed by atoms with Crippen molar-refractivity contribution in [2.45, 2.75) is 69.2 Å². The summed E-state index contributed by atoms with van der Waals surface area (Å²) in [5.41, 5.74) is 1.53. The highest BCUT2D eigenvalue weighted by Gasteiger charge is 2.35. The number of benzene rings is 3. The molecule has 2 atom stereocenters. The van der Waals surface area contributed by atoms with E-state index in [-0.39, 0.29) is 23.9 Å². The maximum absolute atomic E-state index is 14.0. The van der Waals surface area contributed by atoms with Crippen LogP contribution in [0.5, 0.6) is 0 Å². The lowest BCUT2D eigenvalue weighted by Gasteiger charge is -2.30. The van der Waals surface area contributed by atoms with Crippen LogP contribution >= 0.6 is 11.3 Å². The van der Waals surface area contributed by atoms with Crippen molar-refractivity contribution >= 4 is 33.4 Å². The highest BCUT2D eigenvalue weighted by atomic mass is 32.2. The van der Waals surface area contributed by atoms with E-state index in [9.17, 15) is 28.2 Å². The quantitative estimate of drug-likeness (QED) is 0.118. The first kappa shape index (κ1) is 38.7. The summed E-state index contributed by atoms with van der Waals surface area (Å²) in [4.78, 5) is 27.8. The number of nitrogens with zero attached hydrogens (tertiary/aromatic N) is 1. The van der Waals surface area contributed by atoms with Gasteiger partial charge in [0, 0.05) is 28.6 Å². The Morgan fingerprint density at radius 2 is 1.48 bits per heavy atom. The molecular formula is C38H47N3O7S2. The fourth-order valence-electron chi connectivity index (χ4n) is 5.83. The predicted octanol–water partition coefficient (Wildman–Crippen LogP) is 5.61. The Bertz CT molecular complexity index is 1750. The van der Waals surface area contributed by atoms with Gasteiger partial charge in [-0.25, -0.2) is 13.2 Å². The molecule has 12 heteroatoms. The first-order chi connectivity index (χ1) is 23.7. The number of methoxy groups -OCH3 is 1. The smallest absolute Gasteiger partial charge is 0.407 e. The van der Waals surface area contributed by atoms with Gasteiger partial charge in [-0.3, -0.25) is 4.79 Å². The molecule has 4 N–H and O–H groups in total. The average Bonchev–Trinajstić information content (AvgIpc) is 3.55.